The van der Waals surface area contributed by atoms with Gasteiger partial charge in [0.05, 0.1) is 11.0 Å². The van der Waals surface area contributed by atoms with Gasteiger partial charge in [0.1, 0.15) is 5.82 Å². The highest BCUT2D eigenvalue weighted by Gasteiger charge is 2.16. The topological polar surface area (TPSA) is 34.9 Å². The molecule has 4 aromatic rings. The van der Waals surface area contributed by atoms with E-state index in [1.54, 1.807) is 18.2 Å². The third-order valence-electron chi connectivity index (χ3n) is 4.40. The third kappa shape index (κ3) is 3.94. The standard InChI is InChI=1S/C23H16BrFN2O/c24-18-5-3-4-16(14-18)10-13-22(28)23-26-20-6-1-2-7-21(20)27(23)15-17-8-11-19(25)12-9-17/h1-14H,15H2/b13-10+. The molecular formula is C23H16BrFN2O. The van der Waals surface area contributed by atoms with Gasteiger partial charge in [0.15, 0.2) is 5.82 Å². The summed E-state index contributed by atoms with van der Waals surface area (Å²) in [5.41, 5.74) is 3.44. The third-order valence-corrected chi connectivity index (χ3v) is 4.90. The average molecular weight is 435 g/mol. The van der Waals surface area contributed by atoms with Crippen LogP contribution in [0.4, 0.5) is 4.39 Å². The number of allylic oxidation sites excluding steroid dienone is 1. The van der Waals surface area contributed by atoms with E-state index in [0.29, 0.717) is 12.4 Å². The van der Waals surface area contributed by atoms with Crippen LogP contribution in [0.2, 0.25) is 0 Å². The molecule has 0 aliphatic carbocycles. The second-order valence-corrected chi connectivity index (χ2v) is 7.31. The lowest BCUT2D eigenvalue weighted by Gasteiger charge is -2.08. The first-order valence-electron chi connectivity index (χ1n) is 8.78. The Morgan fingerprint density at radius 3 is 2.61 bits per heavy atom. The first kappa shape index (κ1) is 18.3. The molecule has 1 aromatic heterocycles. The van der Waals surface area contributed by atoms with Crippen molar-refractivity contribution in [2.45, 2.75) is 6.54 Å². The van der Waals surface area contributed by atoms with Crippen molar-refractivity contribution in [2.75, 3.05) is 0 Å². The van der Waals surface area contributed by atoms with Gasteiger partial charge >= 0.3 is 0 Å². The van der Waals surface area contributed by atoms with Gasteiger partial charge in [0.2, 0.25) is 5.78 Å². The average Bonchev–Trinajstić information content (AvgIpc) is 3.07. The number of benzene rings is 3. The molecule has 3 nitrogen and oxygen atoms in total. The van der Waals surface area contributed by atoms with Crippen molar-refractivity contribution in [3.63, 3.8) is 0 Å². The van der Waals surface area contributed by atoms with E-state index in [1.807, 2.05) is 53.1 Å². The van der Waals surface area contributed by atoms with E-state index in [4.69, 9.17) is 0 Å². The first-order chi connectivity index (χ1) is 13.6. The van der Waals surface area contributed by atoms with Gasteiger partial charge in [-0.15, -0.1) is 0 Å². The number of hydrogen-bond donors (Lipinski definition) is 0. The second kappa shape index (κ2) is 7.90. The predicted octanol–water partition coefficient (Wildman–Crippen LogP) is 5.88. The summed E-state index contributed by atoms with van der Waals surface area (Å²) >= 11 is 3.43. The van der Waals surface area contributed by atoms with Crippen LogP contribution in [0, 0.1) is 5.82 Å². The number of aromatic nitrogens is 2. The summed E-state index contributed by atoms with van der Waals surface area (Å²) in [6.07, 6.45) is 3.30. The van der Waals surface area contributed by atoms with Crippen molar-refractivity contribution in [1.29, 1.82) is 0 Å². The van der Waals surface area contributed by atoms with E-state index in [1.165, 1.54) is 18.2 Å². The zero-order valence-corrected chi connectivity index (χ0v) is 16.4. The van der Waals surface area contributed by atoms with Crippen molar-refractivity contribution < 1.29 is 9.18 Å². The molecule has 28 heavy (non-hydrogen) atoms. The molecule has 138 valence electrons. The highest BCUT2D eigenvalue weighted by molar-refractivity contribution is 9.10. The lowest BCUT2D eigenvalue weighted by molar-refractivity contribution is 0.103. The van der Waals surface area contributed by atoms with Gasteiger partial charge in [-0.1, -0.05) is 58.4 Å². The predicted molar refractivity (Wildman–Crippen MR) is 113 cm³/mol. The lowest BCUT2D eigenvalue weighted by atomic mass is 10.2. The van der Waals surface area contributed by atoms with Crippen LogP contribution in [-0.2, 0) is 6.54 Å². The highest BCUT2D eigenvalue weighted by atomic mass is 79.9. The van der Waals surface area contributed by atoms with Crippen molar-refractivity contribution in [2.24, 2.45) is 0 Å². The molecule has 0 atom stereocenters. The zero-order valence-electron chi connectivity index (χ0n) is 14.8. The Morgan fingerprint density at radius 1 is 1.04 bits per heavy atom. The van der Waals surface area contributed by atoms with Crippen molar-refractivity contribution in [3.8, 4) is 0 Å². The molecule has 0 fully saturated rings. The minimum Gasteiger partial charge on any atom is -0.317 e. The van der Waals surface area contributed by atoms with Crippen LogP contribution in [0.1, 0.15) is 21.7 Å². The Morgan fingerprint density at radius 2 is 1.82 bits per heavy atom. The summed E-state index contributed by atoms with van der Waals surface area (Å²) in [4.78, 5) is 17.4. The van der Waals surface area contributed by atoms with Crippen LogP contribution < -0.4 is 0 Å². The fourth-order valence-corrected chi connectivity index (χ4v) is 3.47. The molecule has 4 rings (SSSR count). The van der Waals surface area contributed by atoms with Gasteiger partial charge in [0.25, 0.3) is 0 Å². The normalized spacial score (nSPS) is 11.4. The summed E-state index contributed by atoms with van der Waals surface area (Å²) in [7, 11) is 0. The molecule has 5 heteroatoms. The molecule has 0 radical (unpaired) electrons. The second-order valence-electron chi connectivity index (χ2n) is 6.39. The minimum atomic E-state index is -0.285. The largest absolute Gasteiger partial charge is 0.317 e. The molecule has 1 heterocycles. The van der Waals surface area contributed by atoms with Crippen LogP contribution in [-0.4, -0.2) is 15.3 Å². The molecule has 0 aliphatic rings. The molecule has 0 N–H and O–H groups in total. The maximum absolute atomic E-state index is 13.2. The first-order valence-corrected chi connectivity index (χ1v) is 9.57. The minimum absolute atomic E-state index is 0.182. The number of halogens is 2. The van der Waals surface area contributed by atoms with Gasteiger partial charge in [0, 0.05) is 11.0 Å². The van der Waals surface area contributed by atoms with Crippen LogP contribution in [0.5, 0.6) is 0 Å². The number of para-hydroxylation sites is 2. The van der Waals surface area contributed by atoms with E-state index in [0.717, 1.165) is 26.6 Å². The van der Waals surface area contributed by atoms with Crippen LogP contribution in [0.15, 0.2) is 83.3 Å². The van der Waals surface area contributed by atoms with Crippen LogP contribution in [0.25, 0.3) is 17.1 Å². The number of imidazole rings is 1. The molecule has 0 saturated carbocycles. The van der Waals surface area contributed by atoms with E-state index >= 15 is 0 Å². The Kier molecular flexibility index (Phi) is 5.17. The molecule has 0 saturated heterocycles. The van der Waals surface area contributed by atoms with Crippen molar-refractivity contribution in [1.82, 2.24) is 9.55 Å². The van der Waals surface area contributed by atoms with E-state index in [-0.39, 0.29) is 11.6 Å². The summed E-state index contributed by atoms with van der Waals surface area (Å²) in [6.45, 7) is 0.437. The highest BCUT2D eigenvalue weighted by Crippen LogP contribution is 2.20. The quantitative estimate of drug-likeness (QED) is 0.290. The fourth-order valence-electron chi connectivity index (χ4n) is 3.05. The summed E-state index contributed by atoms with van der Waals surface area (Å²) in [5.74, 6) is -0.109. The van der Waals surface area contributed by atoms with Gasteiger partial charge in [-0.25, -0.2) is 9.37 Å². The van der Waals surface area contributed by atoms with Crippen molar-refractivity contribution >= 4 is 38.8 Å². The molecule has 0 spiro atoms. The van der Waals surface area contributed by atoms with E-state index in [9.17, 15) is 9.18 Å². The van der Waals surface area contributed by atoms with Crippen molar-refractivity contribution in [3.05, 3.63) is 106 Å². The van der Waals surface area contributed by atoms with Gasteiger partial charge in [-0.2, -0.15) is 0 Å². The number of carbonyl (C=O) groups excluding carboxylic acids is 1. The summed E-state index contributed by atoms with van der Waals surface area (Å²) in [6, 6.07) is 21.6. The number of carbonyl (C=O) groups is 1. The molecular weight excluding hydrogens is 419 g/mol. The fraction of sp³-hybridized carbons (Fsp3) is 0.0435. The van der Waals surface area contributed by atoms with Gasteiger partial charge in [-0.05, 0) is 53.6 Å². The Bertz CT molecular complexity index is 1180. The molecule has 0 unspecified atom stereocenters. The number of nitrogens with zero attached hydrogens (tertiary/aromatic N) is 2. The van der Waals surface area contributed by atoms with Gasteiger partial charge in [-0.3, -0.25) is 4.79 Å². The maximum Gasteiger partial charge on any atom is 0.221 e. The molecule has 3 aromatic carbocycles. The lowest BCUT2D eigenvalue weighted by Crippen LogP contribution is -2.09. The van der Waals surface area contributed by atoms with Crippen LogP contribution in [0.3, 0.4) is 0 Å². The smallest absolute Gasteiger partial charge is 0.221 e. The SMILES string of the molecule is O=C(/C=C/c1cccc(Br)c1)c1nc2ccccc2n1Cc1ccc(F)cc1. The molecule has 0 aliphatic heterocycles. The molecule has 0 bridgehead atoms. The Balaban J connectivity index is 1.71. The Hall–Kier alpha value is -3.05. The summed E-state index contributed by atoms with van der Waals surface area (Å²) in [5, 5.41) is 0. The maximum atomic E-state index is 13.2. The van der Waals surface area contributed by atoms with E-state index < -0.39 is 0 Å². The Labute approximate surface area is 170 Å². The zero-order chi connectivity index (χ0) is 19.5. The van der Waals surface area contributed by atoms with Gasteiger partial charge < -0.3 is 4.57 Å². The number of rotatable bonds is 5. The number of ketones is 1. The summed E-state index contributed by atoms with van der Waals surface area (Å²) < 4.78 is 16.1. The molecule has 0 amide bonds. The number of hydrogen-bond acceptors (Lipinski definition) is 2. The number of fused-ring (bicyclic) bond motifs is 1. The monoisotopic (exact) mass is 434 g/mol. The van der Waals surface area contributed by atoms with E-state index in [2.05, 4.69) is 20.9 Å². The van der Waals surface area contributed by atoms with Crippen LogP contribution >= 0.6 is 15.9 Å².